The maximum Gasteiger partial charge on any atom is 0.341 e. The van der Waals surface area contributed by atoms with Crippen LogP contribution < -0.4 is 0 Å². The highest BCUT2D eigenvalue weighted by molar-refractivity contribution is 5.90. The largest absolute Gasteiger partial charge is 0.459 e. The third-order valence-electron chi connectivity index (χ3n) is 1.74. The molecule has 0 atom stereocenters. The summed E-state index contributed by atoms with van der Waals surface area (Å²) in [4.78, 5) is 20.9. The number of carbonyl (C=O) groups excluding carboxylic acids is 1. The van der Waals surface area contributed by atoms with Crippen LogP contribution >= 0.6 is 0 Å². The van der Waals surface area contributed by atoms with Gasteiger partial charge in [-0.15, -0.1) is 0 Å². The van der Waals surface area contributed by atoms with Crippen LogP contribution in [0.1, 0.15) is 24.2 Å². The molecule has 1 aromatic rings. The molecule has 0 aliphatic heterocycles. The number of hydrogen-bond donors (Lipinski definition) is 0. The van der Waals surface area contributed by atoms with Crippen molar-refractivity contribution in [2.24, 2.45) is 0 Å². The molecule has 0 heterocycles. The maximum absolute atomic E-state index is 13.5. The van der Waals surface area contributed by atoms with Crippen molar-refractivity contribution in [3.63, 3.8) is 0 Å². The van der Waals surface area contributed by atoms with E-state index in [1.165, 1.54) is 6.07 Å². The van der Waals surface area contributed by atoms with E-state index in [2.05, 4.69) is 0 Å². The monoisotopic (exact) mass is 227 g/mol. The molecule has 1 aromatic carbocycles. The summed E-state index contributed by atoms with van der Waals surface area (Å²) in [5, 5.41) is 10.4. The second-order valence-corrected chi connectivity index (χ2v) is 3.35. The number of ether oxygens (including phenoxy) is 1. The highest BCUT2D eigenvalue weighted by Crippen LogP contribution is 2.20. The molecule has 0 fully saturated rings. The summed E-state index contributed by atoms with van der Waals surface area (Å²) in [5.41, 5.74) is -1.17. The van der Waals surface area contributed by atoms with Crippen molar-refractivity contribution in [3.05, 3.63) is 39.7 Å². The first-order valence-corrected chi connectivity index (χ1v) is 4.57. The molecule has 0 aliphatic rings. The summed E-state index contributed by atoms with van der Waals surface area (Å²) in [6, 6.07) is 3.37. The van der Waals surface area contributed by atoms with Crippen LogP contribution in [0.3, 0.4) is 0 Å². The molecule has 0 radical (unpaired) electrons. The third kappa shape index (κ3) is 2.53. The number of nitrogens with zero attached hydrogens (tertiary/aromatic N) is 1. The molecule has 0 unspecified atom stereocenters. The van der Waals surface area contributed by atoms with Gasteiger partial charge in [-0.05, 0) is 19.9 Å². The topological polar surface area (TPSA) is 69.4 Å². The zero-order valence-electron chi connectivity index (χ0n) is 8.77. The van der Waals surface area contributed by atoms with Gasteiger partial charge in [0.15, 0.2) is 0 Å². The van der Waals surface area contributed by atoms with E-state index in [9.17, 15) is 19.3 Å². The molecule has 0 saturated heterocycles. The Morgan fingerprint density at radius 3 is 2.62 bits per heavy atom. The van der Waals surface area contributed by atoms with Crippen molar-refractivity contribution in [1.29, 1.82) is 0 Å². The fraction of sp³-hybridized carbons (Fsp3) is 0.300. The van der Waals surface area contributed by atoms with E-state index in [4.69, 9.17) is 4.74 Å². The van der Waals surface area contributed by atoms with Crippen LogP contribution in [0, 0.1) is 15.9 Å². The van der Waals surface area contributed by atoms with Crippen LogP contribution in [-0.2, 0) is 4.74 Å². The number of nitro groups is 1. The van der Waals surface area contributed by atoms with Crippen molar-refractivity contribution < 1.29 is 18.8 Å². The zero-order valence-corrected chi connectivity index (χ0v) is 8.77. The van der Waals surface area contributed by atoms with Crippen LogP contribution in [0.2, 0.25) is 0 Å². The molecule has 0 aromatic heterocycles. The van der Waals surface area contributed by atoms with Gasteiger partial charge >= 0.3 is 11.7 Å². The fourth-order valence-electron chi connectivity index (χ4n) is 1.10. The predicted molar refractivity (Wildman–Crippen MR) is 53.6 cm³/mol. The number of benzene rings is 1. The van der Waals surface area contributed by atoms with Crippen LogP contribution in [0.5, 0.6) is 0 Å². The SMILES string of the molecule is CC(C)OC(=O)c1cccc([N+](=O)[O-])c1F. The number of hydrogen-bond acceptors (Lipinski definition) is 4. The minimum Gasteiger partial charge on any atom is -0.459 e. The van der Waals surface area contributed by atoms with Crippen LogP contribution in [-0.4, -0.2) is 17.0 Å². The Bertz CT molecular complexity index is 431. The van der Waals surface area contributed by atoms with Crippen LogP contribution in [0.4, 0.5) is 10.1 Å². The van der Waals surface area contributed by atoms with Gasteiger partial charge in [0.05, 0.1) is 11.0 Å². The van der Waals surface area contributed by atoms with E-state index in [1.54, 1.807) is 13.8 Å². The van der Waals surface area contributed by atoms with E-state index in [0.717, 1.165) is 12.1 Å². The van der Waals surface area contributed by atoms with Gasteiger partial charge < -0.3 is 4.74 Å². The average molecular weight is 227 g/mol. The molecule has 0 aliphatic carbocycles. The minimum absolute atomic E-state index is 0.411. The van der Waals surface area contributed by atoms with Gasteiger partial charge in [0, 0.05) is 6.07 Å². The Balaban J connectivity index is 3.10. The van der Waals surface area contributed by atoms with Gasteiger partial charge in [-0.25, -0.2) is 4.79 Å². The lowest BCUT2D eigenvalue weighted by atomic mass is 10.2. The summed E-state index contributed by atoms with van der Waals surface area (Å²) in [6.45, 7) is 3.21. The van der Waals surface area contributed by atoms with Crippen LogP contribution in [0.25, 0.3) is 0 Å². The molecule has 0 amide bonds. The first-order chi connectivity index (χ1) is 7.43. The molecule has 0 N–H and O–H groups in total. The van der Waals surface area contributed by atoms with Gasteiger partial charge in [-0.3, -0.25) is 10.1 Å². The first kappa shape index (κ1) is 12.1. The Morgan fingerprint density at radius 2 is 2.12 bits per heavy atom. The highest BCUT2D eigenvalue weighted by Gasteiger charge is 2.22. The van der Waals surface area contributed by atoms with Gasteiger partial charge in [0.1, 0.15) is 5.56 Å². The lowest BCUT2D eigenvalue weighted by Crippen LogP contribution is -2.13. The number of halogens is 1. The first-order valence-electron chi connectivity index (χ1n) is 4.57. The van der Waals surface area contributed by atoms with E-state index in [0.29, 0.717) is 0 Å². The van der Waals surface area contributed by atoms with Crippen molar-refractivity contribution in [2.45, 2.75) is 20.0 Å². The molecule has 0 spiro atoms. The quantitative estimate of drug-likeness (QED) is 0.451. The zero-order chi connectivity index (χ0) is 12.3. The Hall–Kier alpha value is -1.98. The molecule has 6 heteroatoms. The maximum atomic E-state index is 13.5. The minimum atomic E-state index is -1.17. The van der Waals surface area contributed by atoms with E-state index in [1.807, 2.05) is 0 Å². The van der Waals surface area contributed by atoms with Crippen molar-refractivity contribution in [2.75, 3.05) is 0 Å². The summed E-state index contributed by atoms with van der Waals surface area (Å²) in [7, 11) is 0. The molecule has 16 heavy (non-hydrogen) atoms. The standard InChI is InChI=1S/C10H10FNO4/c1-6(2)16-10(13)7-4-3-5-8(9(7)11)12(14)15/h3-6H,1-2H3. The average Bonchev–Trinajstić information content (AvgIpc) is 2.16. The highest BCUT2D eigenvalue weighted by atomic mass is 19.1. The second kappa shape index (κ2) is 4.69. The van der Waals surface area contributed by atoms with E-state index >= 15 is 0 Å². The molecular weight excluding hydrogens is 217 g/mol. The Kier molecular flexibility index (Phi) is 3.55. The number of rotatable bonds is 3. The molecule has 1 rings (SSSR count). The van der Waals surface area contributed by atoms with Crippen molar-refractivity contribution in [1.82, 2.24) is 0 Å². The van der Waals surface area contributed by atoms with E-state index in [-0.39, 0.29) is 0 Å². The fourth-order valence-corrected chi connectivity index (χ4v) is 1.10. The summed E-state index contributed by atoms with van der Waals surface area (Å²) >= 11 is 0. The summed E-state index contributed by atoms with van der Waals surface area (Å²) in [5.74, 6) is -2.07. The smallest absolute Gasteiger partial charge is 0.341 e. The molecule has 0 saturated carbocycles. The molecule has 86 valence electrons. The molecular formula is C10H10FNO4. The predicted octanol–water partition coefficient (Wildman–Crippen LogP) is 2.30. The van der Waals surface area contributed by atoms with E-state index < -0.39 is 34.1 Å². The molecule has 0 bridgehead atoms. The van der Waals surface area contributed by atoms with Gasteiger partial charge in [0.2, 0.25) is 5.82 Å². The normalized spacial score (nSPS) is 10.2. The number of nitro benzene ring substituents is 1. The number of carbonyl (C=O) groups is 1. The van der Waals surface area contributed by atoms with Gasteiger partial charge in [0.25, 0.3) is 0 Å². The van der Waals surface area contributed by atoms with Crippen molar-refractivity contribution in [3.8, 4) is 0 Å². The molecule has 5 nitrogen and oxygen atoms in total. The summed E-state index contributed by atoms with van der Waals surface area (Å²) < 4.78 is 18.2. The Labute approximate surface area is 91.0 Å². The summed E-state index contributed by atoms with van der Waals surface area (Å²) in [6.07, 6.45) is -0.411. The second-order valence-electron chi connectivity index (χ2n) is 3.35. The Morgan fingerprint density at radius 1 is 1.50 bits per heavy atom. The lowest BCUT2D eigenvalue weighted by molar-refractivity contribution is -0.387. The number of esters is 1. The lowest BCUT2D eigenvalue weighted by Gasteiger charge is -2.08. The van der Waals surface area contributed by atoms with Crippen molar-refractivity contribution >= 4 is 11.7 Å². The van der Waals surface area contributed by atoms with Gasteiger partial charge in [-0.2, -0.15) is 4.39 Å². The third-order valence-corrected chi connectivity index (χ3v) is 1.74. The van der Waals surface area contributed by atoms with Crippen LogP contribution in [0.15, 0.2) is 18.2 Å². The van der Waals surface area contributed by atoms with Gasteiger partial charge in [-0.1, -0.05) is 6.07 Å².